The minimum Gasteiger partial charge on any atom is -0.480 e. The molecule has 1 saturated heterocycles. The number of anilines is 1. The van der Waals surface area contributed by atoms with Crippen molar-refractivity contribution in [1.82, 2.24) is 9.88 Å². The molecule has 1 aliphatic heterocycles. The van der Waals surface area contributed by atoms with E-state index in [4.69, 9.17) is 5.11 Å². The topological polar surface area (TPSA) is 82.5 Å². The number of carbonyl (C=O) groups excluding carboxylic acids is 1. The summed E-state index contributed by atoms with van der Waals surface area (Å²) in [6.07, 6.45) is 2.97. The summed E-state index contributed by atoms with van der Waals surface area (Å²) in [5.41, 5.74) is 0. The van der Waals surface area contributed by atoms with Gasteiger partial charge in [0, 0.05) is 16.6 Å². The second-order valence-electron chi connectivity index (χ2n) is 5.18. The zero-order chi connectivity index (χ0) is 15.4. The number of aromatic nitrogens is 1. The number of hydrogen-bond donors (Lipinski definition) is 2. The van der Waals surface area contributed by atoms with Gasteiger partial charge in [-0.05, 0) is 60.9 Å². The van der Waals surface area contributed by atoms with Crippen molar-refractivity contribution in [2.24, 2.45) is 5.92 Å². The highest BCUT2D eigenvalue weighted by atomic mass is 79.9. The largest absolute Gasteiger partial charge is 0.480 e. The van der Waals surface area contributed by atoms with Crippen LogP contribution in [0.4, 0.5) is 5.82 Å². The third-order valence-electron chi connectivity index (χ3n) is 3.78. The zero-order valence-electron chi connectivity index (χ0n) is 11.8. The molecule has 2 rings (SSSR count). The van der Waals surface area contributed by atoms with Crippen molar-refractivity contribution in [3.63, 3.8) is 0 Å². The Hall–Kier alpha value is -1.47. The smallest absolute Gasteiger partial charge is 0.320 e. The molecule has 21 heavy (non-hydrogen) atoms. The Kier molecular flexibility index (Phi) is 5.30. The molecular weight excluding hydrogens is 338 g/mol. The van der Waals surface area contributed by atoms with E-state index in [0.717, 1.165) is 4.47 Å². The molecule has 1 fully saturated rings. The minimum atomic E-state index is -0.822. The lowest BCUT2D eigenvalue weighted by molar-refractivity contribution is -0.143. The number of aliphatic carboxylic acids is 1. The first kappa shape index (κ1) is 15.9. The second-order valence-corrected chi connectivity index (χ2v) is 6.09. The van der Waals surface area contributed by atoms with Crippen LogP contribution >= 0.6 is 15.9 Å². The van der Waals surface area contributed by atoms with Crippen molar-refractivity contribution in [2.75, 3.05) is 18.4 Å². The molecule has 1 aliphatic rings. The number of pyridine rings is 1. The van der Waals surface area contributed by atoms with Crippen molar-refractivity contribution < 1.29 is 14.7 Å². The van der Waals surface area contributed by atoms with Gasteiger partial charge in [-0.15, -0.1) is 0 Å². The molecule has 114 valence electrons. The summed E-state index contributed by atoms with van der Waals surface area (Å²) in [4.78, 5) is 29.1. The number of hydrogen-bond acceptors (Lipinski definition) is 4. The predicted octanol–water partition coefficient (Wildman–Crippen LogP) is 1.97. The van der Waals surface area contributed by atoms with E-state index in [2.05, 4.69) is 26.2 Å². The molecule has 0 bridgehead atoms. The molecule has 2 N–H and O–H groups in total. The molecule has 1 aromatic heterocycles. The fourth-order valence-electron chi connectivity index (χ4n) is 2.38. The maximum Gasteiger partial charge on any atom is 0.320 e. The third-order valence-corrected chi connectivity index (χ3v) is 4.25. The predicted molar refractivity (Wildman–Crippen MR) is 82.0 cm³/mol. The highest BCUT2D eigenvalue weighted by Gasteiger charge is 2.29. The zero-order valence-corrected chi connectivity index (χ0v) is 13.3. The number of piperidine rings is 1. The first-order chi connectivity index (χ1) is 9.97. The summed E-state index contributed by atoms with van der Waals surface area (Å²) in [7, 11) is 0. The molecule has 1 amide bonds. The molecule has 0 radical (unpaired) electrons. The van der Waals surface area contributed by atoms with Gasteiger partial charge in [0.15, 0.2) is 0 Å². The molecule has 0 aromatic carbocycles. The van der Waals surface area contributed by atoms with Crippen molar-refractivity contribution in [2.45, 2.75) is 25.8 Å². The Morgan fingerprint density at radius 1 is 1.43 bits per heavy atom. The van der Waals surface area contributed by atoms with Crippen LogP contribution in [0.2, 0.25) is 0 Å². The number of rotatable bonds is 4. The summed E-state index contributed by atoms with van der Waals surface area (Å²) in [5.74, 6) is -0.429. The number of likely N-dealkylation sites (tertiary alicyclic amines) is 1. The van der Waals surface area contributed by atoms with Crippen molar-refractivity contribution in [3.05, 3.63) is 22.8 Å². The first-order valence-corrected chi connectivity index (χ1v) is 7.66. The summed E-state index contributed by atoms with van der Waals surface area (Å²) in [6, 6.07) is 3.06. The van der Waals surface area contributed by atoms with Gasteiger partial charge >= 0.3 is 5.97 Å². The monoisotopic (exact) mass is 355 g/mol. The van der Waals surface area contributed by atoms with Gasteiger partial charge in [-0.1, -0.05) is 0 Å². The van der Waals surface area contributed by atoms with E-state index >= 15 is 0 Å². The number of nitrogens with one attached hydrogen (secondary N) is 1. The van der Waals surface area contributed by atoms with Gasteiger partial charge < -0.3 is 10.4 Å². The Bertz CT molecular complexity index is 513. The van der Waals surface area contributed by atoms with Gasteiger partial charge in [0.05, 0.1) is 0 Å². The Labute approximate surface area is 131 Å². The number of amides is 1. The molecular formula is C14H18BrN3O3. The molecule has 0 aliphatic carbocycles. The summed E-state index contributed by atoms with van der Waals surface area (Å²) in [6.45, 7) is 2.92. The Morgan fingerprint density at radius 3 is 2.62 bits per heavy atom. The lowest BCUT2D eigenvalue weighted by Crippen LogP contribution is -2.45. The van der Waals surface area contributed by atoms with Crippen molar-refractivity contribution in [3.8, 4) is 0 Å². The molecule has 6 nitrogen and oxygen atoms in total. The third kappa shape index (κ3) is 4.25. The van der Waals surface area contributed by atoms with E-state index in [1.165, 1.54) is 0 Å². The number of nitrogens with zero attached hydrogens (tertiary/aromatic N) is 2. The van der Waals surface area contributed by atoms with Crippen LogP contribution in [0.3, 0.4) is 0 Å². The van der Waals surface area contributed by atoms with Gasteiger partial charge in [0.1, 0.15) is 11.9 Å². The van der Waals surface area contributed by atoms with Crippen LogP contribution in [-0.2, 0) is 9.59 Å². The molecule has 2 heterocycles. The van der Waals surface area contributed by atoms with E-state index in [-0.39, 0.29) is 11.8 Å². The van der Waals surface area contributed by atoms with Crippen LogP contribution in [0.5, 0.6) is 0 Å². The van der Waals surface area contributed by atoms with Crippen LogP contribution in [0.25, 0.3) is 0 Å². The number of carboxylic acids is 1. The number of carbonyl (C=O) groups is 2. The molecule has 1 atom stereocenters. The fraction of sp³-hybridized carbons (Fsp3) is 0.500. The van der Waals surface area contributed by atoms with Gasteiger partial charge in [0.25, 0.3) is 0 Å². The molecule has 1 unspecified atom stereocenters. The van der Waals surface area contributed by atoms with Gasteiger partial charge in [-0.3, -0.25) is 14.5 Å². The standard InChI is InChI=1S/C14H18BrN3O3/c1-9(14(20)21)18-6-4-10(5-7-18)13(19)17-12-3-2-11(15)8-16-12/h2-3,8-10H,4-7H2,1H3,(H,20,21)(H,16,17,19). The van der Waals surface area contributed by atoms with E-state index in [0.29, 0.717) is 31.7 Å². The fourth-order valence-corrected chi connectivity index (χ4v) is 2.62. The average Bonchev–Trinajstić information content (AvgIpc) is 2.49. The molecule has 0 saturated carbocycles. The van der Waals surface area contributed by atoms with Crippen molar-refractivity contribution in [1.29, 1.82) is 0 Å². The molecule has 1 aromatic rings. The maximum atomic E-state index is 12.2. The van der Waals surface area contributed by atoms with Crippen LogP contribution in [0.15, 0.2) is 22.8 Å². The van der Waals surface area contributed by atoms with E-state index < -0.39 is 12.0 Å². The normalized spacial score (nSPS) is 18.2. The SMILES string of the molecule is CC(C(=O)O)N1CCC(C(=O)Nc2ccc(Br)cn2)CC1. The first-order valence-electron chi connectivity index (χ1n) is 6.86. The summed E-state index contributed by atoms with van der Waals surface area (Å²) >= 11 is 3.29. The number of halogens is 1. The minimum absolute atomic E-state index is 0.0487. The van der Waals surface area contributed by atoms with Crippen LogP contribution in [0.1, 0.15) is 19.8 Å². The summed E-state index contributed by atoms with van der Waals surface area (Å²) in [5, 5.41) is 11.8. The lowest BCUT2D eigenvalue weighted by atomic mass is 9.95. The lowest BCUT2D eigenvalue weighted by Gasteiger charge is -2.33. The van der Waals surface area contributed by atoms with Crippen LogP contribution < -0.4 is 5.32 Å². The molecule has 7 heteroatoms. The quantitative estimate of drug-likeness (QED) is 0.862. The van der Waals surface area contributed by atoms with E-state index in [1.807, 2.05) is 11.0 Å². The van der Waals surface area contributed by atoms with Crippen LogP contribution in [-0.4, -0.2) is 46.0 Å². The second kappa shape index (κ2) is 7.00. The van der Waals surface area contributed by atoms with E-state index in [1.54, 1.807) is 19.2 Å². The Morgan fingerprint density at radius 2 is 2.10 bits per heavy atom. The van der Waals surface area contributed by atoms with Gasteiger partial charge in [0.2, 0.25) is 5.91 Å². The molecule has 0 spiro atoms. The summed E-state index contributed by atoms with van der Waals surface area (Å²) < 4.78 is 0.858. The van der Waals surface area contributed by atoms with Crippen LogP contribution in [0, 0.1) is 5.92 Å². The number of carboxylic acid groups (broad SMARTS) is 1. The van der Waals surface area contributed by atoms with E-state index in [9.17, 15) is 9.59 Å². The highest BCUT2D eigenvalue weighted by molar-refractivity contribution is 9.10. The van der Waals surface area contributed by atoms with Gasteiger partial charge in [-0.25, -0.2) is 4.98 Å². The maximum absolute atomic E-state index is 12.2. The highest BCUT2D eigenvalue weighted by Crippen LogP contribution is 2.21. The van der Waals surface area contributed by atoms with Gasteiger partial charge in [-0.2, -0.15) is 0 Å². The average molecular weight is 356 g/mol. The Balaban J connectivity index is 1.85. The van der Waals surface area contributed by atoms with Crippen molar-refractivity contribution >= 4 is 33.6 Å².